The minimum atomic E-state index is -3.57. The molecule has 0 radical (unpaired) electrons. The van der Waals surface area contributed by atoms with Gasteiger partial charge in [0.1, 0.15) is 0 Å². The van der Waals surface area contributed by atoms with Gasteiger partial charge in [-0.05, 0) is 57.2 Å². The number of hydrogen-bond acceptors (Lipinski definition) is 4. The van der Waals surface area contributed by atoms with Gasteiger partial charge in [0.05, 0.1) is 23.6 Å². The molecule has 1 N–H and O–H groups in total. The van der Waals surface area contributed by atoms with E-state index in [2.05, 4.69) is 23.5 Å². The fourth-order valence-electron chi connectivity index (χ4n) is 2.98. The number of nitrogens with zero attached hydrogens (tertiary/aromatic N) is 1. The minimum Gasteiger partial charge on any atom is -0.377 e. The van der Waals surface area contributed by atoms with Crippen molar-refractivity contribution >= 4 is 21.4 Å². The molecule has 1 saturated heterocycles. The molecule has 3 rings (SSSR count). The predicted octanol–water partition coefficient (Wildman–Crippen LogP) is 3.41. The van der Waals surface area contributed by atoms with Gasteiger partial charge in [0.15, 0.2) is 0 Å². The maximum Gasteiger partial charge on any atom is 0.261 e. The SMILES string of the molecule is Cc1ccc(S(=O)(=O)Nc2ccc(N3CCOCC3(C)C)cc2)cc1. The van der Waals surface area contributed by atoms with E-state index in [0.29, 0.717) is 18.9 Å². The van der Waals surface area contributed by atoms with E-state index in [-0.39, 0.29) is 10.4 Å². The summed E-state index contributed by atoms with van der Waals surface area (Å²) in [6.07, 6.45) is 0. The van der Waals surface area contributed by atoms with E-state index in [1.54, 1.807) is 36.4 Å². The van der Waals surface area contributed by atoms with Crippen LogP contribution in [0.4, 0.5) is 11.4 Å². The summed E-state index contributed by atoms with van der Waals surface area (Å²) >= 11 is 0. The number of nitrogens with one attached hydrogen (secondary N) is 1. The molecule has 25 heavy (non-hydrogen) atoms. The highest BCUT2D eigenvalue weighted by Crippen LogP contribution is 2.28. The summed E-state index contributed by atoms with van der Waals surface area (Å²) in [5.74, 6) is 0. The Labute approximate surface area is 149 Å². The molecule has 0 aliphatic carbocycles. The average molecular weight is 360 g/mol. The van der Waals surface area contributed by atoms with Crippen LogP contribution in [0.1, 0.15) is 19.4 Å². The van der Waals surface area contributed by atoms with Gasteiger partial charge >= 0.3 is 0 Å². The van der Waals surface area contributed by atoms with Crippen LogP contribution in [0.3, 0.4) is 0 Å². The molecule has 6 heteroatoms. The molecule has 0 saturated carbocycles. The van der Waals surface area contributed by atoms with Crippen molar-refractivity contribution in [1.29, 1.82) is 0 Å². The standard InChI is InChI=1S/C19H24N2O3S/c1-15-4-10-18(11-5-15)25(22,23)20-16-6-8-17(9-7-16)21-12-13-24-14-19(21,2)3/h4-11,20H,12-14H2,1-3H3. The molecule has 1 aliphatic heterocycles. The number of anilines is 2. The number of ether oxygens (including phenoxy) is 1. The highest BCUT2D eigenvalue weighted by Gasteiger charge is 2.30. The number of sulfonamides is 1. The van der Waals surface area contributed by atoms with Crippen LogP contribution in [0.25, 0.3) is 0 Å². The van der Waals surface area contributed by atoms with Gasteiger partial charge in [0, 0.05) is 17.9 Å². The maximum atomic E-state index is 12.5. The summed E-state index contributed by atoms with van der Waals surface area (Å²) in [5.41, 5.74) is 2.56. The van der Waals surface area contributed by atoms with Crippen LogP contribution in [0, 0.1) is 6.92 Å². The first kappa shape index (κ1) is 17.8. The van der Waals surface area contributed by atoms with Gasteiger partial charge in [-0.2, -0.15) is 0 Å². The van der Waals surface area contributed by atoms with Crippen LogP contribution >= 0.6 is 0 Å². The van der Waals surface area contributed by atoms with Crippen molar-refractivity contribution in [3.05, 3.63) is 54.1 Å². The van der Waals surface area contributed by atoms with Gasteiger partial charge in [-0.1, -0.05) is 17.7 Å². The van der Waals surface area contributed by atoms with Crippen LogP contribution in [-0.4, -0.2) is 33.7 Å². The summed E-state index contributed by atoms with van der Waals surface area (Å²) in [5, 5.41) is 0. The summed E-state index contributed by atoms with van der Waals surface area (Å²) in [7, 11) is -3.57. The van der Waals surface area contributed by atoms with Gasteiger partial charge < -0.3 is 9.64 Å². The molecule has 0 amide bonds. The van der Waals surface area contributed by atoms with Crippen LogP contribution in [0.5, 0.6) is 0 Å². The Kier molecular flexibility index (Phi) is 4.75. The number of morpholine rings is 1. The molecular weight excluding hydrogens is 336 g/mol. The molecule has 2 aromatic carbocycles. The lowest BCUT2D eigenvalue weighted by atomic mass is 10.0. The Balaban J connectivity index is 1.77. The third-order valence-corrected chi connectivity index (χ3v) is 5.80. The van der Waals surface area contributed by atoms with Crippen molar-refractivity contribution in [3.63, 3.8) is 0 Å². The topological polar surface area (TPSA) is 58.6 Å². The van der Waals surface area contributed by atoms with Crippen molar-refractivity contribution in [1.82, 2.24) is 0 Å². The van der Waals surface area contributed by atoms with Gasteiger partial charge in [0.2, 0.25) is 0 Å². The number of aryl methyl sites for hydroxylation is 1. The summed E-state index contributed by atoms with van der Waals surface area (Å²) < 4.78 is 33.1. The fourth-order valence-corrected chi connectivity index (χ4v) is 4.04. The molecule has 134 valence electrons. The number of benzene rings is 2. The van der Waals surface area contributed by atoms with E-state index < -0.39 is 10.0 Å². The molecule has 0 atom stereocenters. The molecule has 1 heterocycles. The third kappa shape index (κ3) is 3.96. The van der Waals surface area contributed by atoms with E-state index in [1.165, 1.54) is 0 Å². The highest BCUT2D eigenvalue weighted by molar-refractivity contribution is 7.92. The van der Waals surface area contributed by atoms with E-state index >= 15 is 0 Å². The van der Waals surface area contributed by atoms with Crippen LogP contribution in [0.2, 0.25) is 0 Å². The Morgan fingerprint density at radius 3 is 2.28 bits per heavy atom. The number of hydrogen-bond donors (Lipinski definition) is 1. The second kappa shape index (κ2) is 6.69. The van der Waals surface area contributed by atoms with Crippen molar-refractivity contribution in [2.75, 3.05) is 29.4 Å². The second-order valence-corrected chi connectivity index (χ2v) is 8.66. The summed E-state index contributed by atoms with van der Waals surface area (Å²) in [4.78, 5) is 2.55. The van der Waals surface area contributed by atoms with Gasteiger partial charge in [0.25, 0.3) is 10.0 Å². The number of rotatable bonds is 4. The lowest BCUT2D eigenvalue weighted by Gasteiger charge is -2.43. The fraction of sp³-hybridized carbons (Fsp3) is 0.368. The van der Waals surface area contributed by atoms with Gasteiger partial charge in [-0.25, -0.2) is 8.42 Å². The van der Waals surface area contributed by atoms with E-state index in [0.717, 1.165) is 17.8 Å². The Bertz CT molecular complexity index is 828. The monoisotopic (exact) mass is 360 g/mol. The first-order valence-electron chi connectivity index (χ1n) is 8.33. The Morgan fingerprint density at radius 1 is 1.04 bits per heavy atom. The molecule has 0 aromatic heterocycles. The molecule has 5 nitrogen and oxygen atoms in total. The molecule has 2 aromatic rings. The van der Waals surface area contributed by atoms with Crippen molar-refractivity contribution in [3.8, 4) is 0 Å². The van der Waals surface area contributed by atoms with Crippen LogP contribution in [0.15, 0.2) is 53.4 Å². The first-order chi connectivity index (χ1) is 11.8. The van der Waals surface area contributed by atoms with Gasteiger partial charge in [-0.3, -0.25) is 4.72 Å². The van der Waals surface area contributed by atoms with E-state index in [9.17, 15) is 8.42 Å². The molecule has 0 spiro atoms. The van der Waals surface area contributed by atoms with Crippen molar-refractivity contribution < 1.29 is 13.2 Å². The normalized spacial score (nSPS) is 17.3. The maximum absolute atomic E-state index is 12.5. The van der Waals surface area contributed by atoms with Crippen LogP contribution in [-0.2, 0) is 14.8 Å². The molecule has 1 fully saturated rings. The van der Waals surface area contributed by atoms with Crippen molar-refractivity contribution in [2.24, 2.45) is 0 Å². The zero-order valence-corrected chi connectivity index (χ0v) is 15.6. The smallest absolute Gasteiger partial charge is 0.261 e. The molecule has 0 unspecified atom stereocenters. The third-order valence-electron chi connectivity index (χ3n) is 4.41. The highest BCUT2D eigenvalue weighted by atomic mass is 32.2. The van der Waals surface area contributed by atoms with Crippen molar-refractivity contribution in [2.45, 2.75) is 31.2 Å². The van der Waals surface area contributed by atoms with Gasteiger partial charge in [-0.15, -0.1) is 0 Å². The molecule has 0 bridgehead atoms. The second-order valence-electron chi connectivity index (χ2n) is 6.98. The van der Waals surface area contributed by atoms with Crippen LogP contribution < -0.4 is 9.62 Å². The summed E-state index contributed by atoms with van der Waals surface area (Å²) in [6.45, 7) is 8.40. The average Bonchev–Trinajstić information content (AvgIpc) is 2.55. The lowest BCUT2D eigenvalue weighted by molar-refractivity contribution is 0.0644. The predicted molar refractivity (Wildman–Crippen MR) is 101 cm³/mol. The lowest BCUT2D eigenvalue weighted by Crippen LogP contribution is -2.53. The quantitative estimate of drug-likeness (QED) is 0.908. The summed E-state index contributed by atoms with van der Waals surface area (Å²) in [6, 6.07) is 14.3. The minimum absolute atomic E-state index is 0.0822. The Morgan fingerprint density at radius 2 is 1.68 bits per heavy atom. The zero-order valence-electron chi connectivity index (χ0n) is 14.8. The van der Waals surface area contributed by atoms with E-state index in [1.807, 2.05) is 19.1 Å². The zero-order chi connectivity index (χ0) is 18.1. The Hall–Kier alpha value is -2.05. The largest absolute Gasteiger partial charge is 0.377 e. The first-order valence-corrected chi connectivity index (χ1v) is 9.81. The molecule has 1 aliphatic rings. The molecular formula is C19H24N2O3S. The van der Waals surface area contributed by atoms with E-state index in [4.69, 9.17) is 4.74 Å².